The van der Waals surface area contributed by atoms with E-state index >= 15 is 0 Å². The summed E-state index contributed by atoms with van der Waals surface area (Å²) in [5, 5.41) is 15.8. The molecule has 1 amide bonds. The third kappa shape index (κ3) is 8.85. The van der Waals surface area contributed by atoms with E-state index in [0.29, 0.717) is 83.1 Å². The molecule has 2 N–H and O–H groups in total. The van der Waals surface area contributed by atoms with Crippen molar-refractivity contribution in [2.24, 2.45) is 40.4 Å². The Morgan fingerprint density at radius 3 is 2.41 bits per heavy atom. The Balaban J connectivity index is 1.10. The Kier molecular flexibility index (Phi) is 14.0. The highest BCUT2D eigenvalue weighted by Crippen LogP contribution is 2.67. The molecule has 9 heteroatoms. The van der Waals surface area contributed by atoms with E-state index in [1.807, 2.05) is 0 Å². The SMILES string of the molecule is C#CCOCCOCCOCCOCCNC(=O)CCC(C)C1CCC2C3CC=C4CC(OOO)CCC4(C)C3CCC12C. The van der Waals surface area contributed by atoms with Crippen molar-refractivity contribution in [1.29, 1.82) is 0 Å². The Morgan fingerprint density at radius 2 is 1.70 bits per heavy atom. The molecule has 0 radical (unpaired) electrons. The van der Waals surface area contributed by atoms with E-state index in [4.69, 9.17) is 35.5 Å². The summed E-state index contributed by atoms with van der Waals surface area (Å²) in [6.45, 7) is 11.7. The monoisotopic (exact) mass is 619 g/mol. The molecule has 0 saturated heterocycles. The number of carbonyl (C=O) groups is 1. The highest BCUT2D eigenvalue weighted by molar-refractivity contribution is 5.75. The topological polar surface area (TPSA) is 105 Å². The third-order valence-corrected chi connectivity index (χ3v) is 11.7. The van der Waals surface area contributed by atoms with Gasteiger partial charge in [-0.15, -0.1) is 6.42 Å². The predicted molar refractivity (Wildman–Crippen MR) is 167 cm³/mol. The van der Waals surface area contributed by atoms with Crippen LogP contribution in [0.5, 0.6) is 0 Å². The predicted octanol–water partition coefficient (Wildman–Crippen LogP) is 5.59. The zero-order valence-electron chi connectivity index (χ0n) is 27.4. The fraction of sp³-hybridized carbons (Fsp3) is 0.857. The van der Waals surface area contributed by atoms with Crippen molar-refractivity contribution in [3.63, 3.8) is 0 Å². The number of hydrogen-bond donors (Lipinski definition) is 2. The smallest absolute Gasteiger partial charge is 0.220 e. The number of rotatable bonds is 19. The minimum Gasteiger partial charge on any atom is -0.377 e. The molecular weight excluding hydrogens is 562 g/mol. The number of amides is 1. The summed E-state index contributed by atoms with van der Waals surface area (Å²) in [5.74, 6) is 5.99. The number of allylic oxidation sites excluding steroid dienone is 1. The highest BCUT2D eigenvalue weighted by atomic mass is 17.5. The van der Waals surface area contributed by atoms with E-state index in [1.165, 1.54) is 37.7 Å². The number of carbonyl (C=O) groups excluding carboxylic acids is 1. The van der Waals surface area contributed by atoms with Crippen LogP contribution in [0.15, 0.2) is 11.6 Å². The van der Waals surface area contributed by atoms with Crippen LogP contribution in [-0.4, -0.2) is 76.7 Å². The van der Waals surface area contributed by atoms with E-state index in [0.717, 1.165) is 43.4 Å². The molecule has 8 atom stereocenters. The Bertz CT molecular complexity index is 967. The first-order valence-corrected chi connectivity index (χ1v) is 17.0. The van der Waals surface area contributed by atoms with Crippen molar-refractivity contribution in [3.05, 3.63) is 11.6 Å². The summed E-state index contributed by atoms with van der Waals surface area (Å²) in [7, 11) is 0. The van der Waals surface area contributed by atoms with Crippen LogP contribution in [0.25, 0.3) is 0 Å². The van der Waals surface area contributed by atoms with Crippen LogP contribution in [0, 0.1) is 52.8 Å². The number of fused-ring (bicyclic) bond motifs is 5. The lowest BCUT2D eigenvalue weighted by molar-refractivity contribution is -0.507. The molecule has 4 aliphatic carbocycles. The molecule has 250 valence electrons. The van der Waals surface area contributed by atoms with E-state index < -0.39 is 0 Å². The number of nitrogens with one attached hydrogen (secondary N) is 1. The van der Waals surface area contributed by atoms with E-state index in [1.54, 1.807) is 0 Å². The molecule has 4 aliphatic rings. The molecule has 3 fully saturated rings. The van der Waals surface area contributed by atoms with E-state index in [2.05, 4.69) is 43.1 Å². The van der Waals surface area contributed by atoms with Gasteiger partial charge in [0.25, 0.3) is 0 Å². The van der Waals surface area contributed by atoms with Gasteiger partial charge in [-0.3, -0.25) is 4.79 Å². The largest absolute Gasteiger partial charge is 0.377 e. The van der Waals surface area contributed by atoms with Gasteiger partial charge in [-0.05, 0) is 98.2 Å². The van der Waals surface area contributed by atoms with Crippen molar-refractivity contribution in [2.45, 2.75) is 91.1 Å². The van der Waals surface area contributed by atoms with E-state index in [9.17, 15) is 4.79 Å². The van der Waals surface area contributed by atoms with Gasteiger partial charge in [0.05, 0.1) is 52.4 Å². The second-order valence-electron chi connectivity index (χ2n) is 14.0. The van der Waals surface area contributed by atoms with Crippen molar-refractivity contribution in [1.82, 2.24) is 5.32 Å². The maximum absolute atomic E-state index is 12.6. The van der Waals surface area contributed by atoms with Crippen LogP contribution < -0.4 is 5.32 Å². The molecule has 0 aromatic heterocycles. The van der Waals surface area contributed by atoms with Crippen molar-refractivity contribution in [3.8, 4) is 12.3 Å². The lowest BCUT2D eigenvalue weighted by Crippen LogP contribution is -2.51. The maximum Gasteiger partial charge on any atom is 0.220 e. The molecule has 0 aliphatic heterocycles. The van der Waals surface area contributed by atoms with Crippen LogP contribution in [0.3, 0.4) is 0 Å². The number of ether oxygens (including phenoxy) is 4. The number of terminal acetylenes is 1. The average Bonchev–Trinajstić information content (AvgIpc) is 3.37. The maximum atomic E-state index is 12.6. The minimum absolute atomic E-state index is 0.0427. The molecule has 0 aromatic rings. The van der Waals surface area contributed by atoms with Crippen LogP contribution in [0.2, 0.25) is 0 Å². The molecule has 3 saturated carbocycles. The van der Waals surface area contributed by atoms with E-state index in [-0.39, 0.29) is 17.4 Å². The molecule has 8 unspecified atom stereocenters. The van der Waals surface area contributed by atoms with Crippen LogP contribution >= 0.6 is 0 Å². The first-order valence-electron chi connectivity index (χ1n) is 17.0. The Morgan fingerprint density at radius 1 is 1.00 bits per heavy atom. The summed E-state index contributed by atoms with van der Waals surface area (Å²) in [6.07, 6.45) is 18.3. The average molecular weight is 620 g/mol. The summed E-state index contributed by atoms with van der Waals surface area (Å²) in [6, 6.07) is 0. The molecule has 0 aromatic carbocycles. The van der Waals surface area contributed by atoms with Gasteiger partial charge in [-0.1, -0.05) is 43.4 Å². The first kappa shape index (κ1) is 35.3. The van der Waals surface area contributed by atoms with Crippen LogP contribution in [0.1, 0.15) is 85.0 Å². The van der Waals surface area contributed by atoms with Crippen molar-refractivity contribution < 1.29 is 38.9 Å². The molecule has 4 rings (SSSR count). The molecular formula is C35H57NO8. The summed E-state index contributed by atoms with van der Waals surface area (Å²) < 4.78 is 21.6. The zero-order chi connectivity index (χ0) is 31.4. The minimum atomic E-state index is -0.0427. The van der Waals surface area contributed by atoms with Gasteiger partial charge in [0.15, 0.2) is 0 Å². The lowest BCUT2D eigenvalue weighted by Gasteiger charge is -2.58. The van der Waals surface area contributed by atoms with Gasteiger partial charge >= 0.3 is 0 Å². The van der Waals surface area contributed by atoms with Crippen molar-refractivity contribution >= 4 is 5.91 Å². The van der Waals surface area contributed by atoms with Crippen molar-refractivity contribution in [2.75, 3.05) is 59.4 Å². The highest BCUT2D eigenvalue weighted by Gasteiger charge is 2.59. The third-order valence-electron chi connectivity index (χ3n) is 11.7. The second kappa shape index (κ2) is 17.4. The van der Waals surface area contributed by atoms with Gasteiger partial charge in [-0.25, -0.2) is 10.1 Å². The molecule has 0 spiro atoms. The van der Waals surface area contributed by atoms with Gasteiger partial charge in [0.1, 0.15) is 6.61 Å². The standard InChI is InChI=1S/C35H57NO8/c1-5-17-39-19-21-41-23-24-42-22-20-40-18-16-36-33(37)11-6-26(2)30-9-10-31-29-8-7-27-25-28(43-44-38)12-14-34(27,3)32(29)13-15-35(30,31)4/h1,7,26,28-32,38H,6,8-25H2,2-4H3,(H,36,37). The molecule has 44 heavy (non-hydrogen) atoms. The van der Waals surface area contributed by atoms with Gasteiger partial charge in [0.2, 0.25) is 5.91 Å². The van der Waals surface area contributed by atoms with Gasteiger partial charge < -0.3 is 24.3 Å². The quantitative estimate of drug-likeness (QED) is 0.0635. The Hall–Kier alpha value is -1.51. The van der Waals surface area contributed by atoms with Crippen LogP contribution in [0.4, 0.5) is 0 Å². The summed E-state index contributed by atoms with van der Waals surface area (Å²) in [5.41, 5.74) is 2.12. The second-order valence-corrected chi connectivity index (χ2v) is 14.0. The van der Waals surface area contributed by atoms with Gasteiger partial charge in [0, 0.05) is 13.0 Å². The lowest BCUT2D eigenvalue weighted by atomic mass is 9.47. The molecule has 0 heterocycles. The Labute approximate surface area is 264 Å². The number of hydrogen-bond acceptors (Lipinski definition) is 8. The molecule has 0 bridgehead atoms. The van der Waals surface area contributed by atoms with Gasteiger partial charge in [-0.2, -0.15) is 0 Å². The summed E-state index contributed by atoms with van der Waals surface area (Å²) >= 11 is 0. The molecule has 9 nitrogen and oxygen atoms in total. The first-order chi connectivity index (χ1) is 21.3. The fourth-order valence-corrected chi connectivity index (χ4v) is 9.45. The zero-order valence-corrected chi connectivity index (χ0v) is 27.4. The van der Waals surface area contributed by atoms with Crippen LogP contribution in [-0.2, 0) is 33.7 Å². The summed E-state index contributed by atoms with van der Waals surface area (Å²) in [4.78, 5) is 17.7. The fourth-order valence-electron chi connectivity index (χ4n) is 9.45. The normalized spacial score (nSPS) is 33.4.